The van der Waals surface area contributed by atoms with Gasteiger partial charge in [0, 0.05) is 0 Å². The van der Waals surface area contributed by atoms with Crippen molar-refractivity contribution < 1.29 is 17.9 Å². The number of hydrogen-bond acceptors (Lipinski definition) is 1. The van der Waals surface area contributed by atoms with Crippen LogP contribution in [0.3, 0.4) is 0 Å². The lowest BCUT2D eigenvalue weighted by molar-refractivity contribution is -0.182. The van der Waals surface area contributed by atoms with Gasteiger partial charge in [-0.1, -0.05) is 6.42 Å². The van der Waals surface area contributed by atoms with Crippen LogP contribution in [0.5, 0.6) is 0 Å². The molecule has 1 aliphatic carbocycles. The summed E-state index contributed by atoms with van der Waals surface area (Å²) in [5, 5.41) is 0. The maximum Gasteiger partial charge on any atom is 0.394 e. The first-order valence-electron chi connectivity index (χ1n) is 3.81. The van der Waals surface area contributed by atoms with Crippen LogP contribution in [0.25, 0.3) is 0 Å². The molecule has 0 amide bonds. The lowest BCUT2D eigenvalue weighted by Gasteiger charge is -2.20. The fraction of sp³-hybridized carbons (Fsp3) is 1.00. The Bertz CT molecular complexity index is 166. The maximum atomic E-state index is 12.1. The molecule has 64 valence electrons. The molecule has 1 heterocycles. The maximum absolute atomic E-state index is 12.1. The van der Waals surface area contributed by atoms with E-state index in [1.54, 1.807) is 0 Å². The lowest BCUT2D eigenvalue weighted by atomic mass is 9.89. The van der Waals surface area contributed by atoms with Crippen LogP contribution in [0, 0.1) is 5.92 Å². The molecule has 1 saturated carbocycles. The summed E-state index contributed by atoms with van der Waals surface area (Å²) >= 11 is 0. The zero-order valence-corrected chi connectivity index (χ0v) is 5.90. The van der Waals surface area contributed by atoms with Crippen LogP contribution in [0.15, 0.2) is 0 Å². The van der Waals surface area contributed by atoms with Crippen LogP contribution < -0.4 is 0 Å². The summed E-state index contributed by atoms with van der Waals surface area (Å²) in [4.78, 5) is 0. The first-order valence-corrected chi connectivity index (χ1v) is 3.81. The average molecular weight is 166 g/mol. The topological polar surface area (TPSA) is 12.5 Å². The number of ether oxygens (including phenoxy) is 1. The van der Waals surface area contributed by atoms with Crippen molar-refractivity contribution in [2.24, 2.45) is 5.92 Å². The third-order valence-corrected chi connectivity index (χ3v) is 2.44. The molecule has 1 aliphatic heterocycles. The Labute approximate surface area is 62.5 Å². The van der Waals surface area contributed by atoms with Crippen molar-refractivity contribution in [3.8, 4) is 0 Å². The minimum Gasteiger partial charge on any atom is -0.369 e. The molecule has 3 atom stereocenters. The smallest absolute Gasteiger partial charge is 0.369 e. The van der Waals surface area contributed by atoms with Gasteiger partial charge >= 0.3 is 6.18 Å². The van der Waals surface area contributed by atoms with E-state index in [0.29, 0.717) is 6.42 Å². The van der Waals surface area contributed by atoms with Crippen LogP contribution in [-0.4, -0.2) is 18.4 Å². The van der Waals surface area contributed by atoms with Gasteiger partial charge in [-0.05, 0) is 12.8 Å². The van der Waals surface area contributed by atoms with Gasteiger partial charge in [-0.25, -0.2) is 0 Å². The highest BCUT2D eigenvalue weighted by molar-refractivity contribution is 4.97. The Morgan fingerprint density at radius 2 is 1.91 bits per heavy atom. The molecule has 2 aliphatic rings. The molecule has 2 rings (SSSR count). The highest BCUT2D eigenvalue weighted by Crippen LogP contribution is 2.47. The fourth-order valence-corrected chi connectivity index (χ4v) is 1.80. The predicted molar refractivity (Wildman–Crippen MR) is 32.1 cm³/mol. The number of alkyl halides is 3. The Morgan fingerprint density at radius 1 is 1.18 bits per heavy atom. The molecular weight excluding hydrogens is 157 g/mol. The molecule has 1 nitrogen and oxygen atoms in total. The van der Waals surface area contributed by atoms with Crippen molar-refractivity contribution in [2.75, 3.05) is 0 Å². The minimum absolute atomic E-state index is 0.0737. The van der Waals surface area contributed by atoms with Gasteiger partial charge in [0.15, 0.2) is 0 Å². The van der Waals surface area contributed by atoms with Gasteiger partial charge in [0.25, 0.3) is 0 Å². The zero-order chi connectivity index (χ0) is 8.06. The van der Waals surface area contributed by atoms with Crippen LogP contribution in [0.4, 0.5) is 13.2 Å². The Hall–Kier alpha value is -0.250. The first kappa shape index (κ1) is 7.40. The average Bonchev–Trinajstić information content (AvgIpc) is 2.60. The van der Waals surface area contributed by atoms with E-state index in [4.69, 9.17) is 4.74 Å². The molecule has 0 aromatic rings. The van der Waals surface area contributed by atoms with Gasteiger partial charge in [0.1, 0.15) is 0 Å². The van der Waals surface area contributed by atoms with Gasteiger partial charge in [-0.2, -0.15) is 13.2 Å². The standard InChI is InChI=1S/C7H9F3O/c8-7(9,10)4-2-1-3-5-6(4)11-5/h4-6H,1-3H2/t4?,5-,6+/m1/s1. The van der Waals surface area contributed by atoms with E-state index in [2.05, 4.69) is 0 Å². The highest BCUT2D eigenvalue weighted by Gasteiger charge is 2.57. The summed E-state index contributed by atoms with van der Waals surface area (Å²) in [6.45, 7) is 0. The van der Waals surface area contributed by atoms with Crippen molar-refractivity contribution in [3.63, 3.8) is 0 Å². The van der Waals surface area contributed by atoms with E-state index in [1.807, 2.05) is 0 Å². The third kappa shape index (κ3) is 1.24. The van der Waals surface area contributed by atoms with E-state index in [-0.39, 0.29) is 12.5 Å². The monoisotopic (exact) mass is 166 g/mol. The Balaban J connectivity index is 2.03. The van der Waals surface area contributed by atoms with Gasteiger partial charge in [-0.3, -0.25) is 0 Å². The van der Waals surface area contributed by atoms with E-state index >= 15 is 0 Å². The van der Waals surface area contributed by atoms with E-state index in [9.17, 15) is 13.2 Å². The van der Waals surface area contributed by atoms with E-state index in [1.165, 1.54) is 0 Å². The van der Waals surface area contributed by atoms with E-state index in [0.717, 1.165) is 6.42 Å². The predicted octanol–water partition coefficient (Wildman–Crippen LogP) is 2.12. The summed E-state index contributed by atoms with van der Waals surface area (Å²) in [6, 6.07) is 0. The molecule has 2 fully saturated rings. The molecule has 0 aromatic heterocycles. The van der Waals surface area contributed by atoms with Crippen molar-refractivity contribution in [1.29, 1.82) is 0 Å². The Kier molecular flexibility index (Phi) is 1.43. The van der Waals surface area contributed by atoms with Gasteiger partial charge in [0.2, 0.25) is 0 Å². The summed E-state index contributed by atoms with van der Waals surface area (Å²) < 4.78 is 41.3. The quantitative estimate of drug-likeness (QED) is 0.502. The summed E-state index contributed by atoms with van der Waals surface area (Å²) in [7, 11) is 0. The third-order valence-electron chi connectivity index (χ3n) is 2.44. The lowest BCUT2D eigenvalue weighted by Crippen LogP contribution is -2.31. The Morgan fingerprint density at radius 3 is 2.45 bits per heavy atom. The van der Waals surface area contributed by atoms with Crippen molar-refractivity contribution >= 4 is 0 Å². The van der Waals surface area contributed by atoms with Gasteiger partial charge < -0.3 is 4.74 Å². The summed E-state index contributed by atoms with van der Waals surface area (Å²) in [5.74, 6) is -1.18. The molecule has 11 heavy (non-hydrogen) atoms. The molecule has 4 heteroatoms. The van der Waals surface area contributed by atoms with Crippen LogP contribution in [0.1, 0.15) is 19.3 Å². The molecule has 0 spiro atoms. The first-order chi connectivity index (χ1) is 5.09. The summed E-state index contributed by atoms with van der Waals surface area (Å²) in [5.41, 5.74) is 0. The normalized spacial score (nSPS) is 43.4. The van der Waals surface area contributed by atoms with Crippen LogP contribution in [-0.2, 0) is 4.74 Å². The number of halogens is 3. The molecule has 0 bridgehead atoms. The number of fused-ring (bicyclic) bond motifs is 1. The van der Waals surface area contributed by atoms with Gasteiger partial charge in [-0.15, -0.1) is 0 Å². The number of epoxide rings is 1. The van der Waals surface area contributed by atoms with Crippen molar-refractivity contribution in [3.05, 3.63) is 0 Å². The van der Waals surface area contributed by atoms with Crippen LogP contribution in [0.2, 0.25) is 0 Å². The molecule has 0 radical (unpaired) electrons. The largest absolute Gasteiger partial charge is 0.394 e. The second kappa shape index (κ2) is 2.12. The molecule has 1 unspecified atom stereocenters. The second-order valence-corrected chi connectivity index (χ2v) is 3.22. The number of hydrogen-bond donors (Lipinski definition) is 0. The minimum atomic E-state index is -4.04. The van der Waals surface area contributed by atoms with Gasteiger partial charge in [0.05, 0.1) is 18.1 Å². The zero-order valence-electron chi connectivity index (χ0n) is 5.90. The van der Waals surface area contributed by atoms with E-state index < -0.39 is 18.2 Å². The molecule has 0 aromatic carbocycles. The SMILES string of the molecule is FC(F)(F)C1CCC[C@H]2O[C@@H]12. The molecular formula is C7H9F3O. The fourth-order valence-electron chi connectivity index (χ4n) is 1.80. The summed E-state index contributed by atoms with van der Waals surface area (Å²) in [6.07, 6.45) is -2.88. The van der Waals surface area contributed by atoms with Crippen molar-refractivity contribution in [1.82, 2.24) is 0 Å². The number of rotatable bonds is 0. The molecule has 1 saturated heterocycles. The second-order valence-electron chi connectivity index (χ2n) is 3.22. The van der Waals surface area contributed by atoms with Crippen molar-refractivity contribution in [2.45, 2.75) is 37.6 Å². The van der Waals surface area contributed by atoms with Crippen LogP contribution >= 0.6 is 0 Å². The molecule has 0 N–H and O–H groups in total. The highest BCUT2D eigenvalue weighted by atomic mass is 19.4.